The number of rotatable bonds is 3. The number of halogens is 1. The van der Waals surface area contributed by atoms with E-state index in [9.17, 15) is 4.39 Å². The first kappa shape index (κ1) is 10.7. The van der Waals surface area contributed by atoms with Crippen LogP contribution >= 0.6 is 0 Å². The molecule has 4 nitrogen and oxygen atoms in total. The topological polar surface area (TPSA) is 63.8 Å². The molecular weight excluding hydrogens is 207 g/mol. The highest BCUT2D eigenvalue weighted by molar-refractivity contribution is 5.29. The lowest BCUT2D eigenvalue weighted by molar-refractivity contribution is 0.603. The predicted molar refractivity (Wildman–Crippen MR) is 57.6 cm³/mol. The van der Waals surface area contributed by atoms with Gasteiger partial charge >= 0.3 is 0 Å². The lowest BCUT2D eigenvalue weighted by Crippen LogP contribution is -2.29. The highest BCUT2D eigenvalue weighted by atomic mass is 19.1. The molecule has 0 aliphatic carbocycles. The third-order valence-corrected chi connectivity index (χ3v) is 2.29. The van der Waals surface area contributed by atoms with Gasteiger partial charge in [-0.1, -0.05) is 12.1 Å². The maximum atomic E-state index is 13.1. The largest absolute Gasteiger partial charge is 0.271 e. The highest BCUT2D eigenvalue weighted by Gasteiger charge is 2.12. The second-order valence-electron chi connectivity index (χ2n) is 3.33. The molecule has 1 heterocycles. The van der Waals surface area contributed by atoms with E-state index in [-0.39, 0.29) is 11.9 Å². The third kappa shape index (κ3) is 2.21. The Bertz CT molecular complexity index is 461. The van der Waals surface area contributed by atoms with Crippen molar-refractivity contribution in [2.45, 2.75) is 6.04 Å². The van der Waals surface area contributed by atoms with E-state index >= 15 is 0 Å². The molecular formula is C11H11FN4. The van der Waals surface area contributed by atoms with Gasteiger partial charge in [-0.25, -0.2) is 9.82 Å². The standard InChI is InChI=1S/C11H11FN4/c12-10-3-1-2-8(6-10)11(16-13)9-4-5-14-15-7-9/h1-7,11,16H,13H2. The van der Waals surface area contributed by atoms with Crippen LogP contribution in [0.1, 0.15) is 17.2 Å². The Balaban J connectivity index is 2.37. The molecule has 0 aliphatic rings. The van der Waals surface area contributed by atoms with Gasteiger partial charge in [0, 0.05) is 6.20 Å². The van der Waals surface area contributed by atoms with E-state index in [4.69, 9.17) is 5.84 Å². The fourth-order valence-electron chi connectivity index (χ4n) is 1.54. The SMILES string of the molecule is NNC(c1ccnnc1)c1cccc(F)c1. The molecule has 0 spiro atoms. The quantitative estimate of drug-likeness (QED) is 0.599. The van der Waals surface area contributed by atoms with Gasteiger partial charge in [-0.15, -0.1) is 0 Å². The van der Waals surface area contributed by atoms with Crippen molar-refractivity contribution in [3.63, 3.8) is 0 Å². The summed E-state index contributed by atoms with van der Waals surface area (Å²) in [4.78, 5) is 0. The van der Waals surface area contributed by atoms with Crippen molar-refractivity contribution in [1.29, 1.82) is 0 Å². The summed E-state index contributed by atoms with van der Waals surface area (Å²) in [5, 5.41) is 7.44. The number of hydrazine groups is 1. The molecule has 1 aromatic carbocycles. The minimum atomic E-state index is -0.292. The van der Waals surface area contributed by atoms with Crippen molar-refractivity contribution in [1.82, 2.24) is 15.6 Å². The predicted octanol–water partition coefficient (Wildman–Crippen LogP) is 1.17. The van der Waals surface area contributed by atoms with Crippen LogP contribution in [-0.2, 0) is 0 Å². The van der Waals surface area contributed by atoms with Gasteiger partial charge in [0.15, 0.2) is 0 Å². The monoisotopic (exact) mass is 218 g/mol. The molecule has 16 heavy (non-hydrogen) atoms. The number of hydrogen-bond donors (Lipinski definition) is 2. The van der Waals surface area contributed by atoms with Gasteiger partial charge in [0.25, 0.3) is 0 Å². The van der Waals surface area contributed by atoms with Crippen LogP contribution in [0.25, 0.3) is 0 Å². The molecule has 3 N–H and O–H groups in total. The number of nitrogens with one attached hydrogen (secondary N) is 1. The molecule has 0 radical (unpaired) electrons. The fourth-order valence-corrected chi connectivity index (χ4v) is 1.54. The zero-order chi connectivity index (χ0) is 11.4. The van der Waals surface area contributed by atoms with Crippen LogP contribution in [0.5, 0.6) is 0 Å². The molecule has 0 aliphatic heterocycles. The fraction of sp³-hybridized carbons (Fsp3) is 0.0909. The van der Waals surface area contributed by atoms with Gasteiger partial charge in [0.1, 0.15) is 5.82 Å². The Labute approximate surface area is 92.3 Å². The van der Waals surface area contributed by atoms with Crippen molar-refractivity contribution < 1.29 is 4.39 Å². The van der Waals surface area contributed by atoms with Gasteiger partial charge in [-0.05, 0) is 29.3 Å². The Hall–Kier alpha value is -1.85. The molecule has 2 aromatic rings. The smallest absolute Gasteiger partial charge is 0.123 e. The number of aromatic nitrogens is 2. The van der Waals surface area contributed by atoms with Crippen LogP contribution in [0.4, 0.5) is 4.39 Å². The van der Waals surface area contributed by atoms with E-state index in [2.05, 4.69) is 15.6 Å². The van der Waals surface area contributed by atoms with Gasteiger partial charge < -0.3 is 0 Å². The molecule has 0 saturated heterocycles. The van der Waals surface area contributed by atoms with Crippen molar-refractivity contribution in [3.8, 4) is 0 Å². The maximum Gasteiger partial charge on any atom is 0.123 e. The Morgan fingerprint density at radius 3 is 2.69 bits per heavy atom. The zero-order valence-corrected chi connectivity index (χ0v) is 8.47. The Morgan fingerprint density at radius 2 is 2.06 bits per heavy atom. The minimum absolute atomic E-state index is 0.286. The van der Waals surface area contributed by atoms with E-state index in [1.165, 1.54) is 12.1 Å². The van der Waals surface area contributed by atoms with Crippen molar-refractivity contribution >= 4 is 0 Å². The van der Waals surface area contributed by atoms with Gasteiger partial charge in [-0.3, -0.25) is 5.84 Å². The normalized spacial score (nSPS) is 12.4. The third-order valence-electron chi connectivity index (χ3n) is 2.29. The molecule has 0 saturated carbocycles. The van der Waals surface area contributed by atoms with E-state index in [0.717, 1.165) is 11.1 Å². The molecule has 1 aromatic heterocycles. The highest BCUT2D eigenvalue weighted by Crippen LogP contribution is 2.20. The molecule has 0 bridgehead atoms. The Kier molecular flexibility index (Phi) is 3.19. The average Bonchev–Trinajstić information content (AvgIpc) is 2.31. The van der Waals surface area contributed by atoms with Gasteiger partial charge in [0.05, 0.1) is 12.2 Å². The first-order valence-corrected chi connectivity index (χ1v) is 4.79. The van der Waals surface area contributed by atoms with Crippen LogP contribution in [0.2, 0.25) is 0 Å². The molecule has 1 atom stereocenters. The molecule has 2 rings (SSSR count). The van der Waals surface area contributed by atoms with E-state index in [0.29, 0.717) is 0 Å². The zero-order valence-electron chi connectivity index (χ0n) is 8.47. The number of benzene rings is 1. The number of nitrogens with zero attached hydrogens (tertiary/aromatic N) is 2. The summed E-state index contributed by atoms with van der Waals surface area (Å²) < 4.78 is 13.1. The van der Waals surface area contributed by atoms with Crippen LogP contribution in [-0.4, -0.2) is 10.2 Å². The summed E-state index contributed by atoms with van der Waals surface area (Å²) in [6.07, 6.45) is 3.16. The lowest BCUT2D eigenvalue weighted by Gasteiger charge is -2.15. The summed E-state index contributed by atoms with van der Waals surface area (Å²) in [5.41, 5.74) is 4.21. The minimum Gasteiger partial charge on any atom is -0.271 e. The molecule has 1 unspecified atom stereocenters. The van der Waals surface area contributed by atoms with Gasteiger partial charge in [-0.2, -0.15) is 10.2 Å². The Morgan fingerprint density at radius 1 is 1.19 bits per heavy atom. The van der Waals surface area contributed by atoms with Crippen LogP contribution < -0.4 is 11.3 Å². The second-order valence-corrected chi connectivity index (χ2v) is 3.33. The maximum absolute atomic E-state index is 13.1. The summed E-state index contributed by atoms with van der Waals surface area (Å²) in [7, 11) is 0. The first-order chi connectivity index (χ1) is 7.81. The van der Waals surface area contributed by atoms with Crippen molar-refractivity contribution in [2.75, 3.05) is 0 Å². The van der Waals surface area contributed by atoms with Crippen LogP contribution in [0.15, 0.2) is 42.7 Å². The average molecular weight is 218 g/mol. The van der Waals surface area contributed by atoms with Gasteiger partial charge in [0.2, 0.25) is 0 Å². The summed E-state index contributed by atoms with van der Waals surface area (Å²) >= 11 is 0. The van der Waals surface area contributed by atoms with Crippen LogP contribution in [0, 0.1) is 5.82 Å². The number of nitrogens with two attached hydrogens (primary N) is 1. The molecule has 0 amide bonds. The summed E-state index contributed by atoms with van der Waals surface area (Å²) in [6.45, 7) is 0. The van der Waals surface area contributed by atoms with E-state index in [1.54, 1.807) is 30.6 Å². The molecule has 5 heteroatoms. The molecule has 82 valence electrons. The van der Waals surface area contributed by atoms with E-state index in [1.807, 2.05) is 0 Å². The first-order valence-electron chi connectivity index (χ1n) is 4.79. The van der Waals surface area contributed by atoms with E-state index < -0.39 is 0 Å². The lowest BCUT2D eigenvalue weighted by atomic mass is 10.0. The van der Waals surface area contributed by atoms with Crippen molar-refractivity contribution in [3.05, 3.63) is 59.7 Å². The number of hydrogen-bond acceptors (Lipinski definition) is 4. The van der Waals surface area contributed by atoms with Crippen molar-refractivity contribution in [2.24, 2.45) is 5.84 Å². The second kappa shape index (κ2) is 4.78. The van der Waals surface area contributed by atoms with Crippen LogP contribution in [0.3, 0.4) is 0 Å². The molecule has 0 fully saturated rings. The summed E-state index contributed by atoms with van der Waals surface area (Å²) in [6, 6.07) is 7.76. The summed E-state index contributed by atoms with van der Waals surface area (Å²) in [5.74, 6) is 5.17.